The topological polar surface area (TPSA) is 108 Å². The molecule has 0 saturated heterocycles. The third kappa shape index (κ3) is 59.1. The summed E-state index contributed by atoms with van der Waals surface area (Å²) in [7, 11) is 1.44. The molecular weight excluding hydrogens is 966 g/mol. The number of phosphoric acid groups is 1. The lowest BCUT2D eigenvalue weighted by atomic mass is 10.1. The number of unbranched alkanes of at least 4 members (excludes halogenated alkanes) is 14. The number of rotatable bonds is 52. The molecule has 1 N–H and O–H groups in total. The number of carbonyl (C=O) groups excluding carboxylic acids is 2. The first-order chi connectivity index (χ1) is 37.0. The molecule has 0 spiro atoms. The predicted octanol–water partition coefficient (Wildman–Crippen LogP) is 18.7. The van der Waals surface area contributed by atoms with Crippen molar-refractivity contribution in [1.82, 2.24) is 0 Å². The molecule has 0 aromatic rings. The minimum atomic E-state index is -4.40. The standard InChI is InChI=1S/C66H108NO8P/c1-6-8-10-12-14-16-18-20-22-23-24-25-26-27-28-29-30-31-32-33-34-35-36-37-38-39-40-41-42-43-45-47-49-51-53-55-57-59-66(69)75-64(63-74-76(70,71)73-61-60-67(3,4)5)62-72-65(68)58-56-54-52-50-48-46-44-21-19-17-15-13-11-9-7-2/h8,10,14-17,20-22,24-25,27-28,30-31,33-34,36-37,39-40,42-44,64H,6-7,9,11-13,18-19,23,26,29,32,35,38,41,45-63H2,1-5H3/p+1/b10-8-,16-14-,17-15-,22-20-,25-24-,28-27-,31-30-,34-33-,37-36-,40-39-,43-42-,44-21-. The Morgan fingerprint density at radius 2 is 0.750 bits per heavy atom. The van der Waals surface area contributed by atoms with Crippen LogP contribution < -0.4 is 0 Å². The summed E-state index contributed by atoms with van der Waals surface area (Å²) in [5, 5.41) is 0. The van der Waals surface area contributed by atoms with Crippen LogP contribution in [-0.2, 0) is 32.7 Å². The number of likely N-dealkylation sites (N-methyl/N-ethyl adjacent to an activating group) is 1. The van der Waals surface area contributed by atoms with E-state index in [1.54, 1.807) is 0 Å². The minimum absolute atomic E-state index is 0.0182. The highest BCUT2D eigenvalue weighted by atomic mass is 31.2. The summed E-state index contributed by atoms with van der Waals surface area (Å²) in [5.74, 6) is -0.842. The van der Waals surface area contributed by atoms with Crippen molar-refractivity contribution >= 4 is 19.8 Å². The number of nitrogens with zero attached hydrogens (tertiary/aromatic N) is 1. The molecule has 0 bridgehead atoms. The van der Waals surface area contributed by atoms with Crippen molar-refractivity contribution in [3.05, 3.63) is 146 Å². The molecule has 2 atom stereocenters. The van der Waals surface area contributed by atoms with Gasteiger partial charge < -0.3 is 18.9 Å². The van der Waals surface area contributed by atoms with Gasteiger partial charge in [-0.15, -0.1) is 0 Å². The molecule has 0 radical (unpaired) electrons. The maximum atomic E-state index is 12.8. The van der Waals surface area contributed by atoms with E-state index in [4.69, 9.17) is 18.5 Å². The molecule has 0 fully saturated rings. The number of hydrogen-bond acceptors (Lipinski definition) is 7. The molecule has 2 unspecified atom stereocenters. The number of carbonyl (C=O) groups is 2. The average molecular weight is 1080 g/mol. The van der Waals surface area contributed by atoms with Crippen molar-refractivity contribution in [2.45, 2.75) is 213 Å². The van der Waals surface area contributed by atoms with E-state index in [1.165, 1.54) is 25.7 Å². The highest BCUT2D eigenvalue weighted by Crippen LogP contribution is 2.43. The Hall–Kier alpha value is -4.11. The normalized spacial score (nSPS) is 14.3. The summed E-state index contributed by atoms with van der Waals surface area (Å²) in [6, 6.07) is 0. The zero-order valence-electron chi connectivity index (χ0n) is 48.7. The van der Waals surface area contributed by atoms with Crippen LogP contribution in [0.15, 0.2) is 146 Å². The highest BCUT2D eigenvalue weighted by molar-refractivity contribution is 7.47. The van der Waals surface area contributed by atoms with Crippen LogP contribution in [0.5, 0.6) is 0 Å². The second kappa shape index (κ2) is 55.6. The van der Waals surface area contributed by atoms with Crippen molar-refractivity contribution < 1.29 is 42.1 Å². The van der Waals surface area contributed by atoms with Crippen LogP contribution in [0, 0.1) is 0 Å². The third-order valence-corrected chi connectivity index (χ3v) is 12.8. The number of quaternary nitrogens is 1. The van der Waals surface area contributed by atoms with Crippen LogP contribution in [0.3, 0.4) is 0 Å². The van der Waals surface area contributed by atoms with Crippen LogP contribution >= 0.6 is 7.82 Å². The van der Waals surface area contributed by atoms with Crippen molar-refractivity contribution in [3.63, 3.8) is 0 Å². The lowest BCUT2D eigenvalue weighted by molar-refractivity contribution is -0.870. The summed E-state index contributed by atoms with van der Waals surface area (Å²) in [6.45, 7) is 4.23. The minimum Gasteiger partial charge on any atom is -0.462 e. The first-order valence-electron chi connectivity index (χ1n) is 29.6. The van der Waals surface area contributed by atoms with E-state index in [1.807, 2.05) is 21.1 Å². The molecule has 0 rings (SSSR count). The molecule has 9 nitrogen and oxygen atoms in total. The third-order valence-electron chi connectivity index (χ3n) is 11.9. The molecule has 0 saturated carbocycles. The van der Waals surface area contributed by atoms with Crippen molar-refractivity contribution in [1.29, 1.82) is 0 Å². The average Bonchev–Trinajstić information content (AvgIpc) is 3.38. The zero-order chi connectivity index (χ0) is 55.6. The molecule has 0 aliphatic carbocycles. The fourth-order valence-corrected chi connectivity index (χ4v) is 8.05. The molecule has 10 heteroatoms. The van der Waals surface area contributed by atoms with E-state index < -0.39 is 32.5 Å². The fraction of sp³-hybridized carbons (Fsp3) is 0.606. The molecule has 0 amide bonds. The molecule has 0 heterocycles. The lowest BCUT2D eigenvalue weighted by Gasteiger charge is -2.24. The van der Waals surface area contributed by atoms with Gasteiger partial charge in [0.1, 0.15) is 19.8 Å². The van der Waals surface area contributed by atoms with Gasteiger partial charge in [0.05, 0.1) is 27.7 Å². The number of ether oxygens (including phenoxy) is 2. The maximum absolute atomic E-state index is 12.8. The van der Waals surface area contributed by atoms with Gasteiger partial charge in [-0.05, 0) is 122 Å². The van der Waals surface area contributed by atoms with Gasteiger partial charge in [0, 0.05) is 12.8 Å². The predicted molar refractivity (Wildman–Crippen MR) is 325 cm³/mol. The van der Waals surface area contributed by atoms with E-state index in [0.29, 0.717) is 23.9 Å². The molecule has 0 aromatic heterocycles. The Morgan fingerprint density at radius 1 is 0.421 bits per heavy atom. The summed E-state index contributed by atoms with van der Waals surface area (Å²) >= 11 is 0. The van der Waals surface area contributed by atoms with Crippen LogP contribution in [0.25, 0.3) is 0 Å². The number of hydrogen-bond donors (Lipinski definition) is 1. The SMILES string of the molecule is CC/C=C\C/C=C\C/C=C\C/C=C\C/C=C\C/C=C\C/C=C\C/C=C\C/C=C\C/C=C\CCCCCCCCC(=O)OC(COC(=O)CCCCCCC/C=C\C/C=C\CCCCC)COP(=O)(O)OCC[N+](C)(C)C. The molecule has 430 valence electrons. The van der Waals surface area contributed by atoms with E-state index in [-0.39, 0.29) is 26.1 Å². The van der Waals surface area contributed by atoms with Crippen LogP contribution in [0.4, 0.5) is 0 Å². The van der Waals surface area contributed by atoms with Gasteiger partial charge in [-0.3, -0.25) is 18.6 Å². The van der Waals surface area contributed by atoms with Gasteiger partial charge in [-0.25, -0.2) is 4.57 Å². The summed E-state index contributed by atoms with van der Waals surface area (Å²) in [5.41, 5.74) is 0. The maximum Gasteiger partial charge on any atom is 0.472 e. The molecule has 0 aliphatic rings. The van der Waals surface area contributed by atoms with Crippen molar-refractivity contribution in [2.75, 3.05) is 47.5 Å². The Morgan fingerprint density at radius 3 is 1.12 bits per heavy atom. The Labute approximate surface area is 465 Å². The number of allylic oxidation sites excluding steroid dienone is 24. The van der Waals surface area contributed by atoms with Gasteiger partial charge in [0.25, 0.3) is 0 Å². The fourth-order valence-electron chi connectivity index (χ4n) is 7.31. The van der Waals surface area contributed by atoms with E-state index >= 15 is 0 Å². The van der Waals surface area contributed by atoms with Gasteiger partial charge in [-0.1, -0.05) is 217 Å². The summed E-state index contributed by atoms with van der Waals surface area (Å²) < 4.78 is 34.5. The smallest absolute Gasteiger partial charge is 0.462 e. The Bertz CT molecular complexity index is 1790. The van der Waals surface area contributed by atoms with Crippen molar-refractivity contribution in [3.8, 4) is 0 Å². The second-order valence-electron chi connectivity index (χ2n) is 20.3. The molecule has 76 heavy (non-hydrogen) atoms. The number of phosphoric ester groups is 1. The Balaban J connectivity index is 4.21. The van der Waals surface area contributed by atoms with Crippen molar-refractivity contribution in [2.24, 2.45) is 0 Å². The highest BCUT2D eigenvalue weighted by Gasteiger charge is 2.27. The monoisotopic (exact) mass is 1070 g/mol. The van der Waals surface area contributed by atoms with E-state index in [2.05, 4.69) is 160 Å². The zero-order valence-corrected chi connectivity index (χ0v) is 49.6. The lowest BCUT2D eigenvalue weighted by Crippen LogP contribution is -2.37. The largest absolute Gasteiger partial charge is 0.472 e. The van der Waals surface area contributed by atoms with Crippen LogP contribution in [-0.4, -0.2) is 74.9 Å². The first kappa shape index (κ1) is 71.9. The van der Waals surface area contributed by atoms with Crippen LogP contribution in [0.1, 0.15) is 206 Å². The molecular formula is C66H109NO8P+. The Kier molecular flexibility index (Phi) is 52.6. The molecule has 0 aromatic carbocycles. The summed E-state index contributed by atoms with van der Waals surface area (Å²) in [4.78, 5) is 35.6. The van der Waals surface area contributed by atoms with Gasteiger partial charge >= 0.3 is 19.8 Å². The van der Waals surface area contributed by atoms with Gasteiger partial charge in [-0.2, -0.15) is 0 Å². The van der Waals surface area contributed by atoms with Gasteiger partial charge in [0.15, 0.2) is 6.10 Å². The summed E-state index contributed by atoms with van der Waals surface area (Å²) in [6.07, 6.45) is 82.0. The quantitative estimate of drug-likeness (QED) is 0.0211. The van der Waals surface area contributed by atoms with Gasteiger partial charge in [0.2, 0.25) is 0 Å². The molecule has 0 aliphatic heterocycles. The number of esters is 2. The first-order valence-corrected chi connectivity index (χ1v) is 31.1. The van der Waals surface area contributed by atoms with E-state index in [0.717, 1.165) is 141 Å². The second-order valence-corrected chi connectivity index (χ2v) is 21.7. The van der Waals surface area contributed by atoms with Crippen LogP contribution in [0.2, 0.25) is 0 Å². The van der Waals surface area contributed by atoms with E-state index in [9.17, 15) is 19.0 Å².